The molecule has 0 spiro atoms. The monoisotopic (exact) mass is 247 g/mol. The van der Waals surface area contributed by atoms with Gasteiger partial charge in [-0.25, -0.2) is 0 Å². The zero-order chi connectivity index (χ0) is 12.0. The number of carboxylic acid groups (broad SMARTS) is 1. The van der Waals surface area contributed by atoms with Crippen LogP contribution in [0.2, 0.25) is 0 Å². The lowest BCUT2D eigenvalue weighted by atomic mass is 9.80. The summed E-state index contributed by atoms with van der Waals surface area (Å²) in [4.78, 5) is 10.8. The number of hydrogen-bond donors (Lipinski definition) is 3. The van der Waals surface area contributed by atoms with E-state index in [9.17, 15) is 9.90 Å². The second-order valence-corrected chi connectivity index (χ2v) is 5.64. The molecule has 5 heteroatoms. The van der Waals surface area contributed by atoms with Crippen LogP contribution in [0.3, 0.4) is 0 Å². The SMILES string of the molecule is NCCCSCC1(O)CCC(C(=O)O)CC1. The van der Waals surface area contributed by atoms with Crippen LogP contribution in [-0.4, -0.2) is 39.8 Å². The summed E-state index contributed by atoms with van der Waals surface area (Å²) in [7, 11) is 0. The van der Waals surface area contributed by atoms with E-state index >= 15 is 0 Å². The first-order valence-corrected chi connectivity index (χ1v) is 6.96. The van der Waals surface area contributed by atoms with Gasteiger partial charge in [-0.2, -0.15) is 11.8 Å². The van der Waals surface area contributed by atoms with E-state index in [2.05, 4.69) is 0 Å². The molecule has 0 aromatic heterocycles. The normalized spacial score (nSPS) is 30.2. The van der Waals surface area contributed by atoms with Crippen molar-refractivity contribution >= 4 is 17.7 Å². The van der Waals surface area contributed by atoms with Gasteiger partial charge in [-0.1, -0.05) is 0 Å². The Kier molecular flexibility index (Phi) is 5.58. The van der Waals surface area contributed by atoms with Crippen LogP contribution in [-0.2, 0) is 4.79 Å². The Morgan fingerprint density at radius 3 is 2.56 bits per heavy atom. The van der Waals surface area contributed by atoms with Crippen molar-refractivity contribution in [2.45, 2.75) is 37.7 Å². The van der Waals surface area contributed by atoms with E-state index in [1.165, 1.54) is 0 Å². The predicted molar refractivity (Wildman–Crippen MR) is 65.5 cm³/mol. The molecule has 0 unspecified atom stereocenters. The molecule has 4 N–H and O–H groups in total. The van der Waals surface area contributed by atoms with Gasteiger partial charge in [0.2, 0.25) is 0 Å². The Bertz CT molecular complexity index is 227. The van der Waals surface area contributed by atoms with Crippen molar-refractivity contribution in [3.05, 3.63) is 0 Å². The molecule has 0 radical (unpaired) electrons. The van der Waals surface area contributed by atoms with E-state index < -0.39 is 11.6 Å². The number of nitrogens with two attached hydrogens (primary N) is 1. The van der Waals surface area contributed by atoms with Crippen LogP contribution in [0, 0.1) is 5.92 Å². The zero-order valence-electron chi connectivity index (χ0n) is 9.52. The minimum atomic E-state index is -0.724. The minimum Gasteiger partial charge on any atom is -0.481 e. The first-order valence-electron chi connectivity index (χ1n) is 5.80. The fourth-order valence-electron chi connectivity index (χ4n) is 1.99. The lowest BCUT2D eigenvalue weighted by Crippen LogP contribution is -2.38. The Morgan fingerprint density at radius 1 is 1.44 bits per heavy atom. The topological polar surface area (TPSA) is 83.5 Å². The minimum absolute atomic E-state index is 0.255. The van der Waals surface area contributed by atoms with Crippen molar-refractivity contribution in [2.75, 3.05) is 18.1 Å². The van der Waals surface area contributed by atoms with Crippen molar-refractivity contribution in [1.82, 2.24) is 0 Å². The van der Waals surface area contributed by atoms with Gasteiger partial charge in [0.15, 0.2) is 0 Å². The van der Waals surface area contributed by atoms with E-state index in [0.29, 0.717) is 38.0 Å². The van der Waals surface area contributed by atoms with Crippen molar-refractivity contribution in [3.63, 3.8) is 0 Å². The van der Waals surface area contributed by atoms with Crippen LogP contribution in [0.15, 0.2) is 0 Å². The van der Waals surface area contributed by atoms with Gasteiger partial charge in [-0.05, 0) is 44.4 Å². The predicted octanol–water partition coefficient (Wildman–Crippen LogP) is 1.07. The molecule has 0 aliphatic heterocycles. The summed E-state index contributed by atoms with van der Waals surface area (Å²) in [5.41, 5.74) is 4.74. The van der Waals surface area contributed by atoms with E-state index in [4.69, 9.17) is 10.8 Å². The Balaban J connectivity index is 2.24. The highest BCUT2D eigenvalue weighted by atomic mass is 32.2. The van der Waals surface area contributed by atoms with Crippen LogP contribution in [0.4, 0.5) is 0 Å². The Morgan fingerprint density at radius 2 is 2.06 bits per heavy atom. The number of aliphatic carboxylic acids is 1. The molecule has 1 rings (SSSR count). The first kappa shape index (κ1) is 13.8. The third-order valence-electron chi connectivity index (χ3n) is 3.13. The van der Waals surface area contributed by atoms with E-state index in [0.717, 1.165) is 12.2 Å². The molecule has 1 aliphatic rings. The average Bonchev–Trinajstić information content (AvgIpc) is 2.25. The van der Waals surface area contributed by atoms with Gasteiger partial charge in [0.25, 0.3) is 0 Å². The second kappa shape index (κ2) is 6.47. The Hall–Kier alpha value is -0.260. The van der Waals surface area contributed by atoms with Gasteiger partial charge in [0.1, 0.15) is 0 Å². The molecule has 4 nitrogen and oxygen atoms in total. The van der Waals surface area contributed by atoms with Gasteiger partial charge in [0.05, 0.1) is 11.5 Å². The van der Waals surface area contributed by atoms with E-state index in [-0.39, 0.29) is 5.92 Å². The van der Waals surface area contributed by atoms with E-state index in [1.54, 1.807) is 11.8 Å². The number of carbonyl (C=O) groups is 1. The van der Waals surface area contributed by atoms with Crippen molar-refractivity contribution in [2.24, 2.45) is 11.7 Å². The lowest BCUT2D eigenvalue weighted by Gasteiger charge is -2.34. The third-order valence-corrected chi connectivity index (χ3v) is 4.45. The fraction of sp³-hybridized carbons (Fsp3) is 0.909. The molecule has 1 aliphatic carbocycles. The molecule has 0 aromatic carbocycles. The smallest absolute Gasteiger partial charge is 0.306 e. The average molecular weight is 247 g/mol. The maximum Gasteiger partial charge on any atom is 0.306 e. The van der Waals surface area contributed by atoms with Gasteiger partial charge >= 0.3 is 5.97 Å². The molecule has 0 atom stereocenters. The molecule has 1 saturated carbocycles. The van der Waals surface area contributed by atoms with Crippen LogP contribution in [0.1, 0.15) is 32.1 Å². The van der Waals surface area contributed by atoms with Gasteiger partial charge < -0.3 is 15.9 Å². The fourth-order valence-corrected chi connectivity index (χ4v) is 3.18. The third kappa shape index (κ3) is 4.31. The van der Waals surface area contributed by atoms with Crippen molar-refractivity contribution in [3.8, 4) is 0 Å². The zero-order valence-corrected chi connectivity index (χ0v) is 10.3. The number of aliphatic hydroxyl groups is 1. The first-order chi connectivity index (χ1) is 7.57. The maximum atomic E-state index is 10.8. The van der Waals surface area contributed by atoms with Crippen LogP contribution in [0.25, 0.3) is 0 Å². The van der Waals surface area contributed by atoms with E-state index in [1.807, 2.05) is 0 Å². The summed E-state index contributed by atoms with van der Waals surface area (Å²) in [5, 5.41) is 19.1. The number of rotatable bonds is 6. The summed E-state index contributed by atoms with van der Waals surface area (Å²) in [5.74, 6) is 0.702. The second-order valence-electron chi connectivity index (χ2n) is 4.53. The van der Waals surface area contributed by atoms with Crippen molar-refractivity contribution in [1.29, 1.82) is 0 Å². The molecule has 1 fully saturated rings. The largest absolute Gasteiger partial charge is 0.481 e. The van der Waals surface area contributed by atoms with Crippen molar-refractivity contribution < 1.29 is 15.0 Å². The highest BCUT2D eigenvalue weighted by Gasteiger charge is 2.35. The standard InChI is InChI=1S/C11H21NO3S/c12-6-1-7-16-8-11(15)4-2-9(3-5-11)10(13)14/h9,15H,1-8,12H2,(H,13,14). The van der Waals surface area contributed by atoms with Crippen LogP contribution < -0.4 is 5.73 Å². The number of hydrogen-bond acceptors (Lipinski definition) is 4. The molecule has 0 bridgehead atoms. The number of thioether (sulfide) groups is 1. The lowest BCUT2D eigenvalue weighted by molar-refractivity contribution is -0.144. The highest BCUT2D eigenvalue weighted by molar-refractivity contribution is 7.99. The molecule has 0 heterocycles. The highest BCUT2D eigenvalue weighted by Crippen LogP contribution is 2.34. The summed E-state index contributed by atoms with van der Waals surface area (Å²) in [6.07, 6.45) is 3.39. The summed E-state index contributed by atoms with van der Waals surface area (Å²) in [6, 6.07) is 0. The molecule has 0 amide bonds. The summed E-state index contributed by atoms with van der Waals surface area (Å²) < 4.78 is 0. The van der Waals surface area contributed by atoms with Gasteiger partial charge in [-0.3, -0.25) is 4.79 Å². The molecular weight excluding hydrogens is 226 g/mol. The van der Waals surface area contributed by atoms with Crippen LogP contribution >= 0.6 is 11.8 Å². The molecule has 94 valence electrons. The van der Waals surface area contributed by atoms with Crippen LogP contribution in [0.5, 0.6) is 0 Å². The summed E-state index contributed by atoms with van der Waals surface area (Å²) >= 11 is 1.72. The molecule has 0 saturated heterocycles. The molecular formula is C11H21NO3S. The maximum absolute atomic E-state index is 10.8. The number of carboxylic acids is 1. The summed E-state index contributed by atoms with van der Waals surface area (Å²) in [6.45, 7) is 0.687. The quantitative estimate of drug-likeness (QED) is 0.612. The Labute approximate surface area is 101 Å². The van der Waals surface area contributed by atoms with Gasteiger partial charge in [0, 0.05) is 5.75 Å². The molecule has 16 heavy (non-hydrogen) atoms. The van der Waals surface area contributed by atoms with Gasteiger partial charge in [-0.15, -0.1) is 0 Å². The molecule has 0 aromatic rings.